The van der Waals surface area contributed by atoms with Gasteiger partial charge in [0.1, 0.15) is 0 Å². The maximum absolute atomic E-state index is 5.68. The number of guanidine groups is 1. The Kier molecular flexibility index (Phi) is 8.47. The molecule has 0 bridgehead atoms. The summed E-state index contributed by atoms with van der Waals surface area (Å²) in [5.74, 6) is 2.42. The molecular weight excluding hydrogens is 364 g/mol. The molecular formula is C23H38N4O2. The van der Waals surface area contributed by atoms with E-state index >= 15 is 0 Å². The van der Waals surface area contributed by atoms with E-state index < -0.39 is 0 Å². The summed E-state index contributed by atoms with van der Waals surface area (Å²) in [6.07, 6.45) is 9.42. The molecule has 1 heterocycles. The van der Waals surface area contributed by atoms with Crippen molar-refractivity contribution in [2.75, 3.05) is 33.9 Å². The Bertz CT molecular complexity index is 650. The molecule has 0 unspecified atom stereocenters. The topological polar surface area (TPSA) is 58.1 Å². The molecule has 2 N–H and O–H groups in total. The third-order valence-corrected chi connectivity index (χ3v) is 6.17. The van der Waals surface area contributed by atoms with Crippen molar-refractivity contribution >= 4 is 5.96 Å². The number of hydrogen-bond donors (Lipinski definition) is 2. The number of piperidine rings is 1. The SMILES string of the molecule is CCOc1cc(CNC(=NC)NC2CCN(C3CCCCC3)CC2)ccc1OC. The van der Waals surface area contributed by atoms with Crippen LogP contribution in [0.4, 0.5) is 0 Å². The van der Waals surface area contributed by atoms with Crippen LogP contribution in [-0.2, 0) is 6.54 Å². The Morgan fingerprint density at radius 2 is 1.86 bits per heavy atom. The molecule has 1 aliphatic carbocycles. The Hall–Kier alpha value is -1.95. The van der Waals surface area contributed by atoms with E-state index in [1.807, 2.05) is 26.1 Å². The molecule has 6 nitrogen and oxygen atoms in total. The van der Waals surface area contributed by atoms with Crippen molar-refractivity contribution in [3.63, 3.8) is 0 Å². The zero-order valence-electron chi connectivity index (χ0n) is 18.4. The Balaban J connectivity index is 1.46. The van der Waals surface area contributed by atoms with Gasteiger partial charge in [-0.15, -0.1) is 0 Å². The number of ether oxygens (including phenoxy) is 2. The average molecular weight is 403 g/mol. The van der Waals surface area contributed by atoms with E-state index in [1.165, 1.54) is 58.0 Å². The monoisotopic (exact) mass is 402 g/mol. The van der Waals surface area contributed by atoms with Crippen LogP contribution in [0.2, 0.25) is 0 Å². The number of nitrogens with zero attached hydrogens (tertiary/aromatic N) is 2. The van der Waals surface area contributed by atoms with Crippen LogP contribution in [0, 0.1) is 0 Å². The number of nitrogens with one attached hydrogen (secondary N) is 2. The van der Waals surface area contributed by atoms with Gasteiger partial charge in [-0.2, -0.15) is 0 Å². The maximum atomic E-state index is 5.68. The third-order valence-electron chi connectivity index (χ3n) is 6.17. The standard InChI is InChI=1S/C23H38N4O2/c1-4-29-22-16-18(10-11-21(22)28-3)17-25-23(24-2)26-19-12-14-27(15-13-19)20-8-6-5-7-9-20/h10-11,16,19-20H,4-9,12-15,17H2,1-3H3,(H2,24,25,26). The number of rotatable bonds is 7. The van der Waals surface area contributed by atoms with E-state index in [9.17, 15) is 0 Å². The van der Waals surface area contributed by atoms with E-state index in [1.54, 1.807) is 7.11 Å². The lowest BCUT2D eigenvalue weighted by Gasteiger charge is -2.39. The zero-order chi connectivity index (χ0) is 20.5. The highest BCUT2D eigenvalue weighted by molar-refractivity contribution is 5.80. The molecule has 1 saturated carbocycles. The van der Waals surface area contributed by atoms with Gasteiger partial charge in [-0.1, -0.05) is 25.3 Å². The number of aliphatic imine (C=N–C) groups is 1. The second kappa shape index (κ2) is 11.3. The van der Waals surface area contributed by atoms with Crippen molar-refractivity contribution in [1.29, 1.82) is 0 Å². The second-order valence-corrected chi connectivity index (χ2v) is 8.09. The quantitative estimate of drug-likeness (QED) is 0.539. The normalized spacial score (nSPS) is 19.8. The molecule has 0 radical (unpaired) electrons. The fourth-order valence-electron chi connectivity index (χ4n) is 4.53. The van der Waals surface area contributed by atoms with Crippen LogP contribution in [0.5, 0.6) is 11.5 Å². The third kappa shape index (κ3) is 6.26. The summed E-state index contributed by atoms with van der Waals surface area (Å²) in [5.41, 5.74) is 1.14. The molecule has 29 heavy (non-hydrogen) atoms. The minimum absolute atomic E-state index is 0.496. The first-order valence-corrected chi connectivity index (χ1v) is 11.2. The van der Waals surface area contributed by atoms with Crippen molar-refractivity contribution in [3.05, 3.63) is 23.8 Å². The van der Waals surface area contributed by atoms with E-state index in [4.69, 9.17) is 9.47 Å². The van der Waals surface area contributed by atoms with E-state index in [0.717, 1.165) is 29.1 Å². The van der Waals surface area contributed by atoms with Crippen molar-refractivity contribution < 1.29 is 9.47 Å². The lowest BCUT2D eigenvalue weighted by molar-refractivity contribution is 0.119. The van der Waals surface area contributed by atoms with Gasteiger partial charge in [0.2, 0.25) is 0 Å². The highest BCUT2D eigenvalue weighted by Crippen LogP contribution is 2.28. The van der Waals surface area contributed by atoms with Crippen molar-refractivity contribution in [2.24, 2.45) is 4.99 Å². The van der Waals surface area contributed by atoms with Gasteiger partial charge in [-0.05, 0) is 50.3 Å². The number of hydrogen-bond acceptors (Lipinski definition) is 4. The highest BCUT2D eigenvalue weighted by Gasteiger charge is 2.26. The minimum atomic E-state index is 0.496. The molecule has 0 amide bonds. The van der Waals surface area contributed by atoms with Gasteiger partial charge < -0.3 is 25.0 Å². The zero-order valence-corrected chi connectivity index (χ0v) is 18.4. The summed E-state index contributed by atoms with van der Waals surface area (Å²) in [6.45, 7) is 5.71. The van der Waals surface area contributed by atoms with E-state index in [0.29, 0.717) is 19.2 Å². The summed E-state index contributed by atoms with van der Waals surface area (Å²) in [7, 11) is 3.51. The number of methoxy groups -OCH3 is 1. The highest BCUT2D eigenvalue weighted by atomic mass is 16.5. The lowest BCUT2D eigenvalue weighted by atomic mass is 9.92. The second-order valence-electron chi connectivity index (χ2n) is 8.09. The largest absolute Gasteiger partial charge is 0.493 e. The van der Waals surface area contributed by atoms with Crippen LogP contribution in [0.1, 0.15) is 57.4 Å². The fourth-order valence-corrected chi connectivity index (χ4v) is 4.53. The average Bonchev–Trinajstić information content (AvgIpc) is 2.78. The summed E-state index contributed by atoms with van der Waals surface area (Å²) in [4.78, 5) is 7.15. The van der Waals surface area contributed by atoms with Gasteiger partial charge >= 0.3 is 0 Å². The Labute approximate surface area is 176 Å². The molecule has 162 valence electrons. The van der Waals surface area contributed by atoms with Gasteiger partial charge in [0.15, 0.2) is 17.5 Å². The van der Waals surface area contributed by atoms with Crippen molar-refractivity contribution in [2.45, 2.75) is 70.5 Å². The molecule has 1 saturated heterocycles. The fraction of sp³-hybridized carbons (Fsp3) is 0.696. The number of benzene rings is 1. The van der Waals surface area contributed by atoms with E-state index in [-0.39, 0.29) is 0 Å². The van der Waals surface area contributed by atoms with Crippen LogP contribution in [0.3, 0.4) is 0 Å². The predicted octanol–water partition coefficient (Wildman–Crippen LogP) is 3.56. The summed E-state index contributed by atoms with van der Waals surface area (Å²) in [5, 5.41) is 7.06. The smallest absolute Gasteiger partial charge is 0.191 e. The minimum Gasteiger partial charge on any atom is -0.493 e. The van der Waals surface area contributed by atoms with Crippen LogP contribution in [0.25, 0.3) is 0 Å². The molecule has 1 aliphatic heterocycles. The van der Waals surface area contributed by atoms with E-state index in [2.05, 4.69) is 26.6 Å². The van der Waals surface area contributed by atoms with Crippen LogP contribution >= 0.6 is 0 Å². The number of likely N-dealkylation sites (tertiary alicyclic amines) is 1. The first kappa shape index (κ1) is 21.8. The predicted molar refractivity (Wildman–Crippen MR) is 119 cm³/mol. The van der Waals surface area contributed by atoms with Crippen LogP contribution in [-0.4, -0.2) is 56.8 Å². The van der Waals surface area contributed by atoms with Crippen molar-refractivity contribution in [3.8, 4) is 11.5 Å². The molecule has 0 spiro atoms. The Morgan fingerprint density at radius 3 is 2.52 bits per heavy atom. The molecule has 0 aromatic heterocycles. The molecule has 0 atom stereocenters. The molecule has 1 aromatic carbocycles. The van der Waals surface area contributed by atoms with Crippen LogP contribution < -0.4 is 20.1 Å². The summed E-state index contributed by atoms with van der Waals surface area (Å²) < 4.78 is 11.0. The van der Waals surface area contributed by atoms with Gasteiger partial charge in [-0.25, -0.2) is 0 Å². The van der Waals surface area contributed by atoms with Crippen molar-refractivity contribution in [1.82, 2.24) is 15.5 Å². The van der Waals surface area contributed by atoms with Gasteiger partial charge in [-0.3, -0.25) is 4.99 Å². The lowest BCUT2D eigenvalue weighted by Crippen LogP contribution is -2.50. The Morgan fingerprint density at radius 1 is 1.10 bits per heavy atom. The molecule has 6 heteroatoms. The molecule has 1 aromatic rings. The van der Waals surface area contributed by atoms with Gasteiger partial charge in [0.05, 0.1) is 13.7 Å². The molecule has 2 aliphatic rings. The van der Waals surface area contributed by atoms with Gasteiger partial charge in [0, 0.05) is 38.8 Å². The molecule has 2 fully saturated rings. The summed E-state index contributed by atoms with van der Waals surface area (Å²) >= 11 is 0. The molecule has 3 rings (SSSR count). The first-order chi connectivity index (χ1) is 14.2. The maximum Gasteiger partial charge on any atom is 0.191 e. The van der Waals surface area contributed by atoms with Gasteiger partial charge in [0.25, 0.3) is 0 Å². The first-order valence-electron chi connectivity index (χ1n) is 11.2. The van der Waals surface area contributed by atoms with Crippen LogP contribution in [0.15, 0.2) is 23.2 Å². The summed E-state index contributed by atoms with van der Waals surface area (Å²) in [6, 6.07) is 7.38.